The maximum Gasteiger partial charge on any atom is 0.330 e. The van der Waals surface area contributed by atoms with Gasteiger partial charge in [-0.3, -0.25) is 0 Å². The molecule has 0 heterocycles. The maximum absolute atomic E-state index is 11.2. The fraction of sp³-hybridized carbons (Fsp3) is 0.308. The van der Waals surface area contributed by atoms with Crippen molar-refractivity contribution < 1.29 is 19.7 Å². The van der Waals surface area contributed by atoms with Crippen molar-refractivity contribution in [2.45, 2.75) is 12.8 Å². The lowest BCUT2D eigenvalue weighted by molar-refractivity contribution is -0.137. The molecule has 0 saturated heterocycles. The molecule has 1 rings (SSSR count). The first-order valence-electron chi connectivity index (χ1n) is 5.47. The van der Waals surface area contributed by atoms with Crippen LogP contribution >= 0.6 is 0 Å². The quantitative estimate of drug-likeness (QED) is 0.448. The molecule has 1 aromatic rings. The lowest BCUT2D eigenvalue weighted by Crippen LogP contribution is -2.02. The maximum atomic E-state index is 11.2. The van der Waals surface area contributed by atoms with E-state index in [2.05, 4.69) is 0 Å². The van der Waals surface area contributed by atoms with Gasteiger partial charge in [0.2, 0.25) is 0 Å². The first-order chi connectivity index (χ1) is 8.24. The van der Waals surface area contributed by atoms with Crippen molar-refractivity contribution in [2.24, 2.45) is 0 Å². The first kappa shape index (κ1) is 13.3. The van der Waals surface area contributed by atoms with Gasteiger partial charge < -0.3 is 14.9 Å². The average molecular weight is 236 g/mol. The second-order valence-corrected chi connectivity index (χ2v) is 3.49. The summed E-state index contributed by atoms with van der Waals surface area (Å²) < 4.78 is 4.89. The highest BCUT2D eigenvalue weighted by molar-refractivity contribution is 5.87. The first-order valence-corrected chi connectivity index (χ1v) is 5.47. The number of carbonyl (C=O) groups excluding carboxylic acids is 1. The number of para-hydroxylation sites is 1. The van der Waals surface area contributed by atoms with Crippen molar-refractivity contribution >= 4 is 12.0 Å². The summed E-state index contributed by atoms with van der Waals surface area (Å²) in [5, 5.41) is 18.0. The number of benzene rings is 1. The van der Waals surface area contributed by atoms with E-state index in [9.17, 15) is 9.90 Å². The molecule has 17 heavy (non-hydrogen) atoms. The average Bonchev–Trinajstić information content (AvgIpc) is 2.34. The van der Waals surface area contributed by atoms with E-state index in [0.29, 0.717) is 25.0 Å². The summed E-state index contributed by atoms with van der Waals surface area (Å²) in [7, 11) is 0. The summed E-state index contributed by atoms with van der Waals surface area (Å²) in [5.41, 5.74) is 0.569. The molecule has 0 aliphatic heterocycles. The number of hydrogen-bond donors (Lipinski definition) is 2. The summed E-state index contributed by atoms with van der Waals surface area (Å²) in [6.07, 6.45) is 4.04. The van der Waals surface area contributed by atoms with E-state index in [1.165, 1.54) is 12.2 Å². The fourth-order valence-electron chi connectivity index (χ4n) is 1.22. The van der Waals surface area contributed by atoms with Gasteiger partial charge in [0, 0.05) is 18.2 Å². The van der Waals surface area contributed by atoms with Crippen LogP contribution in [0.1, 0.15) is 18.4 Å². The Bertz CT molecular complexity index is 385. The predicted octanol–water partition coefficient (Wildman–Crippen LogP) is 1.72. The molecule has 0 amide bonds. The SMILES string of the molecule is O=C(C=Cc1ccccc1O)OCCCCO. The van der Waals surface area contributed by atoms with Crippen molar-refractivity contribution in [1.29, 1.82) is 0 Å². The highest BCUT2D eigenvalue weighted by Gasteiger charge is 1.98. The topological polar surface area (TPSA) is 66.8 Å². The predicted molar refractivity (Wildman–Crippen MR) is 64.4 cm³/mol. The molecule has 0 aliphatic carbocycles. The van der Waals surface area contributed by atoms with Crippen LogP contribution in [0.4, 0.5) is 0 Å². The van der Waals surface area contributed by atoms with Gasteiger partial charge in [-0.05, 0) is 25.0 Å². The van der Waals surface area contributed by atoms with Crippen molar-refractivity contribution in [1.82, 2.24) is 0 Å². The van der Waals surface area contributed by atoms with Crippen LogP contribution in [0.15, 0.2) is 30.3 Å². The van der Waals surface area contributed by atoms with Crippen LogP contribution in [0.3, 0.4) is 0 Å². The number of aliphatic hydroxyl groups excluding tert-OH is 1. The number of phenolic OH excluding ortho intramolecular Hbond substituents is 1. The van der Waals surface area contributed by atoms with Gasteiger partial charge in [-0.15, -0.1) is 0 Å². The number of phenols is 1. The molecule has 0 aliphatic rings. The van der Waals surface area contributed by atoms with Crippen molar-refractivity contribution in [3.05, 3.63) is 35.9 Å². The number of carbonyl (C=O) groups is 1. The normalized spacial score (nSPS) is 10.6. The molecule has 1 aromatic carbocycles. The number of aliphatic hydroxyl groups is 1. The molecule has 4 heteroatoms. The molecule has 0 bridgehead atoms. The molecule has 4 nitrogen and oxygen atoms in total. The van der Waals surface area contributed by atoms with Crippen LogP contribution in [0, 0.1) is 0 Å². The molecule has 0 fully saturated rings. The van der Waals surface area contributed by atoms with Crippen LogP contribution in [-0.4, -0.2) is 29.4 Å². The number of unbranched alkanes of at least 4 members (excludes halogenated alkanes) is 1. The molecule has 2 N–H and O–H groups in total. The second-order valence-electron chi connectivity index (χ2n) is 3.49. The Balaban J connectivity index is 2.38. The molecule has 0 aromatic heterocycles. The lowest BCUT2D eigenvalue weighted by atomic mass is 10.2. The van der Waals surface area contributed by atoms with Gasteiger partial charge in [0.05, 0.1) is 6.61 Å². The van der Waals surface area contributed by atoms with Crippen LogP contribution in [-0.2, 0) is 9.53 Å². The summed E-state index contributed by atoms with van der Waals surface area (Å²) >= 11 is 0. The van der Waals surface area contributed by atoms with Crippen molar-refractivity contribution in [2.75, 3.05) is 13.2 Å². The highest BCUT2D eigenvalue weighted by atomic mass is 16.5. The number of esters is 1. The zero-order valence-electron chi connectivity index (χ0n) is 9.50. The van der Waals surface area contributed by atoms with E-state index < -0.39 is 5.97 Å². The largest absolute Gasteiger partial charge is 0.507 e. The Morgan fingerprint density at radius 1 is 1.29 bits per heavy atom. The van der Waals surface area contributed by atoms with Crippen molar-refractivity contribution in [3.8, 4) is 5.75 Å². The minimum atomic E-state index is -0.453. The van der Waals surface area contributed by atoms with E-state index in [0.717, 1.165) is 0 Å². The second kappa shape index (κ2) is 7.46. The van der Waals surface area contributed by atoms with E-state index in [1.807, 2.05) is 0 Å². The molecule has 0 saturated carbocycles. The Kier molecular flexibility index (Phi) is 5.82. The number of ether oxygens (including phenoxy) is 1. The van der Waals surface area contributed by atoms with Gasteiger partial charge in [0.15, 0.2) is 0 Å². The Labute approximate surface area is 100 Å². The minimum absolute atomic E-state index is 0.102. The lowest BCUT2D eigenvalue weighted by Gasteiger charge is -2.00. The Hall–Kier alpha value is -1.81. The molecular weight excluding hydrogens is 220 g/mol. The van der Waals surface area contributed by atoms with Gasteiger partial charge in [-0.1, -0.05) is 18.2 Å². The molecular formula is C13H16O4. The summed E-state index contributed by atoms with van der Waals surface area (Å²) in [6, 6.07) is 6.73. The highest BCUT2D eigenvalue weighted by Crippen LogP contribution is 2.16. The van der Waals surface area contributed by atoms with Gasteiger partial charge in [0.25, 0.3) is 0 Å². The van der Waals surface area contributed by atoms with Gasteiger partial charge in [0.1, 0.15) is 5.75 Å². The van der Waals surface area contributed by atoms with Crippen molar-refractivity contribution in [3.63, 3.8) is 0 Å². The summed E-state index contributed by atoms with van der Waals surface area (Å²) in [5.74, 6) is -0.331. The number of rotatable bonds is 6. The van der Waals surface area contributed by atoms with Crippen LogP contribution in [0.25, 0.3) is 6.08 Å². The zero-order chi connectivity index (χ0) is 12.5. The third-order valence-corrected chi connectivity index (χ3v) is 2.13. The van der Waals surface area contributed by atoms with Gasteiger partial charge in [-0.2, -0.15) is 0 Å². The minimum Gasteiger partial charge on any atom is -0.507 e. The molecule has 92 valence electrons. The molecule has 0 unspecified atom stereocenters. The Morgan fingerprint density at radius 3 is 2.76 bits per heavy atom. The number of hydrogen-bond acceptors (Lipinski definition) is 4. The number of aromatic hydroxyl groups is 1. The van der Waals surface area contributed by atoms with Crippen LogP contribution in [0.2, 0.25) is 0 Å². The monoisotopic (exact) mass is 236 g/mol. The standard InChI is InChI=1S/C13H16O4/c14-9-3-4-10-17-13(16)8-7-11-5-1-2-6-12(11)15/h1-2,5-8,14-15H,3-4,9-10H2. The third-order valence-electron chi connectivity index (χ3n) is 2.13. The zero-order valence-corrected chi connectivity index (χ0v) is 9.50. The summed E-state index contributed by atoms with van der Waals surface area (Å²) in [4.78, 5) is 11.2. The van der Waals surface area contributed by atoms with Crippen LogP contribution < -0.4 is 0 Å². The third kappa shape index (κ3) is 5.17. The van der Waals surface area contributed by atoms with Gasteiger partial charge in [-0.25, -0.2) is 4.79 Å². The van der Waals surface area contributed by atoms with Crippen LogP contribution in [0.5, 0.6) is 5.75 Å². The smallest absolute Gasteiger partial charge is 0.330 e. The fourth-order valence-corrected chi connectivity index (χ4v) is 1.22. The van der Waals surface area contributed by atoms with E-state index in [4.69, 9.17) is 9.84 Å². The molecule has 0 radical (unpaired) electrons. The van der Waals surface area contributed by atoms with Gasteiger partial charge >= 0.3 is 5.97 Å². The molecule has 0 spiro atoms. The summed E-state index contributed by atoms with van der Waals surface area (Å²) in [6.45, 7) is 0.399. The Morgan fingerprint density at radius 2 is 2.06 bits per heavy atom. The van der Waals surface area contributed by atoms with E-state index >= 15 is 0 Å². The van der Waals surface area contributed by atoms with E-state index in [1.54, 1.807) is 24.3 Å². The van der Waals surface area contributed by atoms with E-state index in [-0.39, 0.29) is 12.4 Å². The molecule has 0 atom stereocenters.